The van der Waals surface area contributed by atoms with Crippen LogP contribution in [-0.2, 0) is 58.1 Å². The van der Waals surface area contributed by atoms with Crippen molar-refractivity contribution in [3.05, 3.63) is 10.8 Å². The number of phosphoric acid groups is 1. The Morgan fingerprint density at radius 3 is 1.87 bits per heavy atom. The molecule has 10 nitrogen and oxygen atoms in total. The average Bonchev–Trinajstić information content (AvgIpc) is 2.72. The van der Waals surface area contributed by atoms with Crippen LogP contribution in [-0.4, -0.2) is 58.8 Å². The fraction of sp³-hybridized carbons (Fsp3) is 0.714. The molecule has 0 radical (unpaired) electrons. The summed E-state index contributed by atoms with van der Waals surface area (Å²) in [4.78, 5) is 23.3. The minimum absolute atomic E-state index is 0.123. The number of hydrogen-bond acceptors (Lipinski definition) is 12. The van der Waals surface area contributed by atoms with E-state index in [1.54, 1.807) is 13.8 Å². The second-order valence-corrected chi connectivity index (χ2v) is 14.0. The molecule has 0 rings (SSSR count). The summed E-state index contributed by atoms with van der Waals surface area (Å²) in [6.45, 7) is 3.86. The second-order valence-electron chi connectivity index (χ2n) is 4.49. The lowest BCUT2D eigenvalue weighted by atomic mass is 10.3. The molecule has 0 aromatic rings. The van der Waals surface area contributed by atoms with E-state index in [1.807, 2.05) is 0 Å². The molecule has 0 amide bonds. The number of hydrogen-bond donors (Lipinski definition) is 0. The monoisotopic (exact) mass is 550 g/mol. The van der Waals surface area contributed by atoms with E-state index in [0.29, 0.717) is 0 Å². The van der Waals surface area contributed by atoms with Gasteiger partial charge in [0, 0.05) is 28.4 Å². The number of esters is 2. The summed E-state index contributed by atoms with van der Waals surface area (Å²) in [5.74, 6) is -1.01. The van der Waals surface area contributed by atoms with Gasteiger partial charge in [-0.1, -0.05) is 34.6 Å². The number of carbonyl (C=O) groups excluding carboxylic acids is 2. The maximum Gasteiger partial charge on any atom is 0.529 e. The molecule has 1 unspecified atom stereocenters. The van der Waals surface area contributed by atoms with Crippen LogP contribution < -0.4 is 0 Å². The Bertz CT molecular complexity index is 630. The molecule has 0 aliphatic rings. The van der Waals surface area contributed by atoms with Crippen molar-refractivity contribution in [3.63, 3.8) is 0 Å². The zero-order valence-corrected chi connectivity index (χ0v) is 22.3. The van der Waals surface area contributed by atoms with E-state index in [0.717, 1.165) is 17.6 Å². The zero-order chi connectivity index (χ0) is 23.8. The summed E-state index contributed by atoms with van der Waals surface area (Å²) >= 11 is 16.5. The van der Waals surface area contributed by atoms with E-state index < -0.39 is 30.7 Å². The van der Waals surface area contributed by atoms with E-state index in [-0.39, 0.29) is 24.1 Å². The lowest BCUT2D eigenvalue weighted by Gasteiger charge is -2.21. The first kappa shape index (κ1) is 32.3. The Morgan fingerprint density at radius 2 is 1.50 bits per heavy atom. The van der Waals surface area contributed by atoms with Gasteiger partial charge >= 0.3 is 19.8 Å². The standard InChI is InChI=1S/C10H19O6PS2.C4H7Cl2O4P/c1-5-15-9(11)7-8(10(12)16-6-2)19-17(18,13-3)14-4;1-8-11(7,9-2)10-3-4(5)6/h8H,5-7H2,1-4H3;3H,1-2H3. The second kappa shape index (κ2) is 17.7. The van der Waals surface area contributed by atoms with Crippen molar-refractivity contribution in [1.29, 1.82) is 0 Å². The quantitative estimate of drug-likeness (QED) is 0.178. The van der Waals surface area contributed by atoms with Gasteiger partial charge in [-0.05, 0) is 25.7 Å². The Hall–Kier alpha value is 0.130. The highest BCUT2D eigenvalue weighted by atomic mass is 35.5. The van der Waals surface area contributed by atoms with E-state index in [1.165, 1.54) is 28.4 Å². The first-order valence-electron chi connectivity index (χ1n) is 8.09. The molecule has 0 bridgehead atoms. The van der Waals surface area contributed by atoms with Gasteiger partial charge in [0.25, 0.3) is 0 Å². The third-order valence-electron chi connectivity index (χ3n) is 2.63. The lowest BCUT2D eigenvalue weighted by molar-refractivity contribution is -0.149. The molecule has 16 heteroatoms. The van der Waals surface area contributed by atoms with E-state index in [2.05, 4.69) is 13.6 Å². The Morgan fingerprint density at radius 1 is 1.00 bits per heavy atom. The van der Waals surface area contributed by atoms with Gasteiger partial charge in [0.05, 0.1) is 19.6 Å². The maximum atomic E-state index is 11.8. The topological polar surface area (TPSA) is 116 Å². The maximum absolute atomic E-state index is 11.8. The minimum Gasteiger partial charge on any atom is -0.466 e. The largest absolute Gasteiger partial charge is 0.529 e. The van der Waals surface area contributed by atoms with Crippen LogP contribution in [0.1, 0.15) is 20.3 Å². The van der Waals surface area contributed by atoms with Crippen LogP contribution in [0, 0.1) is 0 Å². The van der Waals surface area contributed by atoms with Gasteiger partial charge in [-0.3, -0.25) is 18.6 Å². The normalized spacial score (nSPS) is 12.1. The highest BCUT2D eigenvalue weighted by molar-refractivity contribution is 8.68. The molecule has 0 spiro atoms. The van der Waals surface area contributed by atoms with Crippen LogP contribution in [0.3, 0.4) is 0 Å². The first-order valence-corrected chi connectivity index (χ1v) is 14.4. The Labute approximate surface area is 195 Å². The van der Waals surface area contributed by atoms with Crippen molar-refractivity contribution < 1.29 is 46.2 Å². The van der Waals surface area contributed by atoms with Gasteiger partial charge in [-0.2, -0.15) is 0 Å². The number of phosphoric ester groups is 1. The molecular formula is C14H26Cl2O10P2S2. The highest BCUT2D eigenvalue weighted by Gasteiger charge is 2.32. The Balaban J connectivity index is 0. The van der Waals surface area contributed by atoms with Crippen LogP contribution in [0.25, 0.3) is 0 Å². The first-order chi connectivity index (χ1) is 14.0. The van der Waals surface area contributed by atoms with Crippen molar-refractivity contribution in [3.8, 4) is 0 Å². The number of ether oxygens (including phenoxy) is 2. The molecule has 0 aliphatic heterocycles. The highest BCUT2D eigenvalue weighted by Crippen LogP contribution is 2.62. The third-order valence-corrected chi connectivity index (χ3v) is 9.93. The van der Waals surface area contributed by atoms with Crippen LogP contribution in [0.4, 0.5) is 0 Å². The van der Waals surface area contributed by atoms with E-state index >= 15 is 0 Å². The smallest absolute Gasteiger partial charge is 0.466 e. The summed E-state index contributed by atoms with van der Waals surface area (Å²) < 4.78 is 44.0. The molecule has 178 valence electrons. The van der Waals surface area contributed by atoms with Crippen LogP contribution in [0.15, 0.2) is 10.8 Å². The molecule has 1 atom stereocenters. The van der Waals surface area contributed by atoms with Crippen molar-refractivity contribution in [2.45, 2.75) is 25.5 Å². The van der Waals surface area contributed by atoms with E-state index in [4.69, 9.17) is 53.5 Å². The van der Waals surface area contributed by atoms with Crippen molar-refractivity contribution in [2.75, 3.05) is 41.7 Å². The number of halogens is 2. The predicted octanol–water partition coefficient (Wildman–Crippen LogP) is 4.80. The van der Waals surface area contributed by atoms with Crippen molar-refractivity contribution in [1.82, 2.24) is 0 Å². The van der Waals surface area contributed by atoms with Crippen LogP contribution >= 0.6 is 48.1 Å². The molecule has 0 saturated carbocycles. The fourth-order valence-corrected chi connectivity index (χ4v) is 5.99. The van der Waals surface area contributed by atoms with Gasteiger partial charge in [0.2, 0.25) is 5.69 Å². The van der Waals surface area contributed by atoms with Gasteiger partial charge in [0.15, 0.2) is 0 Å². The minimum atomic E-state index is -3.48. The van der Waals surface area contributed by atoms with Crippen molar-refractivity contribution >= 4 is 71.8 Å². The van der Waals surface area contributed by atoms with Crippen LogP contribution in [0.2, 0.25) is 0 Å². The summed E-state index contributed by atoms with van der Waals surface area (Å²) in [5.41, 5.74) is -2.65. The van der Waals surface area contributed by atoms with E-state index in [9.17, 15) is 14.2 Å². The van der Waals surface area contributed by atoms with Crippen LogP contribution in [0.5, 0.6) is 0 Å². The summed E-state index contributed by atoms with van der Waals surface area (Å²) in [6.07, 6.45) is 0.749. The molecule has 0 aromatic carbocycles. The SMILES string of the molecule is CCOC(=O)CC(SP(=S)(OC)OC)C(=O)OCC.COP(=O)(OC)OC=C(Cl)Cl. The summed E-state index contributed by atoms with van der Waals surface area (Å²) in [7, 11) is 1.69. The molecular weight excluding hydrogens is 525 g/mol. The van der Waals surface area contributed by atoms with Gasteiger partial charge in [-0.25, -0.2) is 4.57 Å². The molecule has 0 aromatic heterocycles. The third kappa shape index (κ3) is 15.0. The lowest BCUT2D eigenvalue weighted by Crippen LogP contribution is -2.24. The number of rotatable bonds is 13. The van der Waals surface area contributed by atoms with Gasteiger partial charge in [-0.15, -0.1) is 0 Å². The van der Waals surface area contributed by atoms with Gasteiger partial charge in [0.1, 0.15) is 16.0 Å². The van der Waals surface area contributed by atoms with Gasteiger partial charge < -0.3 is 23.0 Å². The average molecular weight is 551 g/mol. The fourth-order valence-electron chi connectivity index (χ4n) is 1.35. The molecule has 0 fully saturated rings. The molecule has 0 saturated heterocycles. The Kier molecular flexibility index (Phi) is 19.0. The van der Waals surface area contributed by atoms with Crippen molar-refractivity contribution in [2.24, 2.45) is 0 Å². The number of carbonyl (C=O) groups is 2. The molecule has 0 heterocycles. The molecule has 0 aliphatic carbocycles. The molecule has 0 N–H and O–H groups in total. The molecule has 30 heavy (non-hydrogen) atoms. The summed E-state index contributed by atoms with van der Waals surface area (Å²) in [6, 6.07) is 0. The zero-order valence-electron chi connectivity index (χ0n) is 17.3. The predicted molar refractivity (Wildman–Crippen MR) is 120 cm³/mol. The summed E-state index contributed by atoms with van der Waals surface area (Å²) in [5, 5.41) is -0.787.